The van der Waals surface area contributed by atoms with Crippen LogP contribution in [-0.4, -0.2) is 16.8 Å². The Morgan fingerprint density at radius 3 is 2.42 bits per heavy atom. The van der Waals surface area contributed by atoms with Gasteiger partial charge in [-0.15, -0.1) is 0 Å². The van der Waals surface area contributed by atoms with Crippen molar-refractivity contribution in [1.82, 2.24) is 4.98 Å². The Morgan fingerprint density at radius 1 is 1.32 bits per heavy atom. The summed E-state index contributed by atoms with van der Waals surface area (Å²) in [4.78, 5) is 15.6. The van der Waals surface area contributed by atoms with Gasteiger partial charge in [0, 0.05) is 25.5 Å². The van der Waals surface area contributed by atoms with Gasteiger partial charge in [-0.3, -0.25) is 4.79 Å². The molecule has 0 saturated heterocycles. The Labute approximate surface area is 115 Å². The first-order chi connectivity index (χ1) is 8.83. The molecule has 1 saturated carbocycles. The molecule has 1 amide bonds. The Hall–Kier alpha value is -1.23. The van der Waals surface area contributed by atoms with Crippen molar-refractivity contribution in [3.8, 4) is 0 Å². The van der Waals surface area contributed by atoms with E-state index in [0.717, 1.165) is 0 Å². The summed E-state index contributed by atoms with van der Waals surface area (Å²) >= 11 is 5.67. The van der Waals surface area contributed by atoms with Gasteiger partial charge in [-0.25, -0.2) is 13.8 Å². The summed E-state index contributed by atoms with van der Waals surface area (Å²) in [5.74, 6) is -3.27. The van der Waals surface area contributed by atoms with Crippen LogP contribution < -0.4 is 5.73 Å². The number of pyridine rings is 1. The van der Waals surface area contributed by atoms with E-state index in [0.29, 0.717) is 10.7 Å². The van der Waals surface area contributed by atoms with Gasteiger partial charge < -0.3 is 5.73 Å². The van der Waals surface area contributed by atoms with E-state index in [-0.39, 0.29) is 25.7 Å². The topological polar surface area (TPSA) is 56.0 Å². The second kappa shape index (κ2) is 5.04. The van der Waals surface area contributed by atoms with Crippen LogP contribution in [0.5, 0.6) is 0 Å². The standard InChI is InChI=1S/C13H14ClF2N2O/c14-10-2-1-9(8-18-10)7-12(11(17)19)3-5-13(15,16)6-4-12/h1-2,7-8H,3-6H2,(H2,17,19). The number of rotatable bonds is 3. The smallest absolute Gasteiger partial charge is 0.248 e. The number of alkyl halides is 2. The first kappa shape index (κ1) is 14.2. The number of carbonyl (C=O) groups is 1. The lowest BCUT2D eigenvalue weighted by Gasteiger charge is -2.37. The van der Waals surface area contributed by atoms with E-state index >= 15 is 0 Å². The molecule has 1 aromatic heterocycles. The number of aromatic nitrogens is 1. The van der Waals surface area contributed by atoms with Gasteiger partial charge in [0.25, 0.3) is 0 Å². The van der Waals surface area contributed by atoms with E-state index < -0.39 is 17.2 Å². The highest BCUT2D eigenvalue weighted by Gasteiger charge is 2.46. The zero-order chi connectivity index (χ0) is 14.1. The van der Waals surface area contributed by atoms with Gasteiger partial charge in [0.05, 0.1) is 5.41 Å². The molecule has 1 heterocycles. The molecule has 1 aliphatic carbocycles. The summed E-state index contributed by atoms with van der Waals surface area (Å²) < 4.78 is 26.4. The molecule has 0 unspecified atom stereocenters. The zero-order valence-corrected chi connectivity index (χ0v) is 11.0. The molecular formula is C13H14ClF2N2O. The Kier molecular flexibility index (Phi) is 3.76. The molecule has 2 N–H and O–H groups in total. The van der Waals surface area contributed by atoms with Crippen LogP contribution in [0.1, 0.15) is 31.2 Å². The fraction of sp³-hybridized carbons (Fsp3) is 0.462. The zero-order valence-electron chi connectivity index (χ0n) is 10.2. The van der Waals surface area contributed by atoms with E-state index in [9.17, 15) is 13.6 Å². The van der Waals surface area contributed by atoms with Gasteiger partial charge in [-0.2, -0.15) is 0 Å². The molecule has 1 fully saturated rings. The molecule has 0 spiro atoms. The molecule has 0 bridgehead atoms. The molecule has 1 radical (unpaired) electrons. The maximum atomic E-state index is 13.2. The predicted molar refractivity (Wildman–Crippen MR) is 67.7 cm³/mol. The predicted octanol–water partition coefficient (Wildman–Crippen LogP) is 2.97. The summed E-state index contributed by atoms with van der Waals surface area (Å²) in [6, 6.07) is 3.27. The summed E-state index contributed by atoms with van der Waals surface area (Å²) in [6.45, 7) is 0. The lowest BCUT2D eigenvalue weighted by Crippen LogP contribution is -2.43. The van der Waals surface area contributed by atoms with Crippen LogP contribution in [0.3, 0.4) is 0 Å². The monoisotopic (exact) mass is 287 g/mol. The molecule has 2 rings (SSSR count). The Morgan fingerprint density at radius 2 is 1.95 bits per heavy atom. The maximum Gasteiger partial charge on any atom is 0.248 e. The maximum absolute atomic E-state index is 13.2. The number of carbonyl (C=O) groups excluding carboxylic acids is 1. The first-order valence-corrected chi connectivity index (χ1v) is 6.36. The fourth-order valence-electron chi connectivity index (χ4n) is 2.32. The highest BCUT2D eigenvalue weighted by Crippen LogP contribution is 2.46. The normalized spacial score (nSPS) is 21.0. The second-order valence-electron chi connectivity index (χ2n) is 4.93. The van der Waals surface area contributed by atoms with Crippen LogP contribution in [0.25, 0.3) is 0 Å². The minimum atomic E-state index is -2.70. The number of halogens is 3. The number of primary amides is 1. The summed E-state index contributed by atoms with van der Waals surface area (Å²) in [6.07, 6.45) is 2.59. The molecule has 0 aliphatic heterocycles. The number of amides is 1. The van der Waals surface area contributed by atoms with Crippen molar-refractivity contribution in [1.29, 1.82) is 0 Å². The van der Waals surface area contributed by atoms with Crippen molar-refractivity contribution in [3.05, 3.63) is 35.5 Å². The Bertz CT molecular complexity index is 466. The average Bonchev–Trinajstić information content (AvgIpc) is 2.35. The van der Waals surface area contributed by atoms with Crippen molar-refractivity contribution in [3.63, 3.8) is 0 Å². The Balaban J connectivity index is 2.17. The fourth-order valence-corrected chi connectivity index (χ4v) is 2.43. The minimum Gasteiger partial charge on any atom is -0.369 e. The van der Waals surface area contributed by atoms with E-state index in [1.807, 2.05) is 0 Å². The van der Waals surface area contributed by atoms with E-state index in [1.165, 1.54) is 6.20 Å². The molecule has 3 nitrogen and oxygen atoms in total. The van der Waals surface area contributed by atoms with Crippen LogP contribution >= 0.6 is 11.6 Å². The van der Waals surface area contributed by atoms with Crippen LogP contribution in [0.15, 0.2) is 18.3 Å². The molecule has 0 aromatic carbocycles. The van der Waals surface area contributed by atoms with Crippen molar-refractivity contribution in [2.45, 2.75) is 31.6 Å². The molecule has 19 heavy (non-hydrogen) atoms. The third-order valence-corrected chi connectivity index (χ3v) is 3.78. The second-order valence-corrected chi connectivity index (χ2v) is 5.32. The van der Waals surface area contributed by atoms with Crippen molar-refractivity contribution in [2.75, 3.05) is 0 Å². The average molecular weight is 288 g/mol. The summed E-state index contributed by atoms with van der Waals surface area (Å²) in [5.41, 5.74) is 5.05. The van der Waals surface area contributed by atoms with E-state index in [2.05, 4.69) is 4.98 Å². The molecular weight excluding hydrogens is 274 g/mol. The lowest BCUT2D eigenvalue weighted by atomic mass is 9.69. The van der Waals surface area contributed by atoms with Crippen LogP contribution in [0, 0.1) is 11.8 Å². The van der Waals surface area contributed by atoms with Crippen molar-refractivity contribution in [2.24, 2.45) is 11.1 Å². The summed E-state index contributed by atoms with van der Waals surface area (Å²) in [7, 11) is 0. The lowest BCUT2D eigenvalue weighted by molar-refractivity contribution is -0.132. The number of nitrogens with zero attached hydrogens (tertiary/aromatic N) is 1. The molecule has 6 heteroatoms. The van der Waals surface area contributed by atoms with Crippen LogP contribution in [-0.2, 0) is 4.79 Å². The first-order valence-electron chi connectivity index (χ1n) is 5.98. The van der Waals surface area contributed by atoms with Crippen LogP contribution in [0.2, 0.25) is 5.15 Å². The highest BCUT2D eigenvalue weighted by atomic mass is 35.5. The quantitative estimate of drug-likeness (QED) is 0.869. The van der Waals surface area contributed by atoms with Gasteiger partial charge in [-0.1, -0.05) is 17.7 Å². The summed E-state index contributed by atoms with van der Waals surface area (Å²) in [5, 5.41) is 0.334. The minimum absolute atomic E-state index is 0.0535. The largest absolute Gasteiger partial charge is 0.369 e. The molecule has 1 aromatic rings. The third kappa shape index (κ3) is 3.21. The van der Waals surface area contributed by atoms with Gasteiger partial charge in [-0.05, 0) is 24.5 Å². The number of nitrogens with two attached hydrogens (primary N) is 1. The SMILES string of the molecule is NC(=O)C1([CH]c2ccc(Cl)nc2)CCC(F)(F)CC1. The van der Waals surface area contributed by atoms with Gasteiger partial charge in [0.2, 0.25) is 11.8 Å². The third-order valence-electron chi connectivity index (χ3n) is 3.56. The van der Waals surface area contributed by atoms with Crippen LogP contribution in [0.4, 0.5) is 8.78 Å². The number of hydrogen-bond donors (Lipinski definition) is 1. The van der Waals surface area contributed by atoms with E-state index in [4.69, 9.17) is 17.3 Å². The van der Waals surface area contributed by atoms with Gasteiger partial charge in [0.1, 0.15) is 5.15 Å². The van der Waals surface area contributed by atoms with E-state index in [1.54, 1.807) is 18.6 Å². The van der Waals surface area contributed by atoms with Gasteiger partial charge >= 0.3 is 0 Å². The highest BCUT2D eigenvalue weighted by molar-refractivity contribution is 6.29. The number of hydrogen-bond acceptors (Lipinski definition) is 2. The van der Waals surface area contributed by atoms with Crippen molar-refractivity contribution < 1.29 is 13.6 Å². The molecule has 103 valence electrons. The molecule has 0 atom stereocenters. The van der Waals surface area contributed by atoms with Gasteiger partial charge in [0.15, 0.2) is 0 Å². The van der Waals surface area contributed by atoms with Crippen molar-refractivity contribution >= 4 is 17.5 Å². The molecule has 1 aliphatic rings.